The zero-order valence-corrected chi connectivity index (χ0v) is 10.3. The summed E-state index contributed by atoms with van der Waals surface area (Å²) in [6.45, 7) is 4.29. The number of carbonyl (C=O) groups is 1. The Kier molecular flexibility index (Phi) is 4.27. The van der Waals surface area contributed by atoms with Gasteiger partial charge >= 0.3 is 0 Å². The number of nitrogens with one attached hydrogen (secondary N) is 2. The van der Waals surface area contributed by atoms with Gasteiger partial charge in [-0.15, -0.1) is 10.2 Å². The van der Waals surface area contributed by atoms with Gasteiger partial charge in [0.2, 0.25) is 11.0 Å². The highest BCUT2D eigenvalue weighted by Crippen LogP contribution is 2.20. The third kappa shape index (κ3) is 3.22. The number of rotatable bonds is 4. The van der Waals surface area contributed by atoms with Gasteiger partial charge in [0.25, 0.3) is 0 Å². The second-order valence-corrected chi connectivity index (χ2v) is 4.87. The SMILES string of the molecule is CCNC(=O)C(C)Nc1nnc(Br)s1. The molecule has 7 heteroatoms. The number of carbonyl (C=O) groups excluding carboxylic acids is 1. The van der Waals surface area contributed by atoms with Gasteiger partial charge in [-0.05, 0) is 29.8 Å². The molecule has 78 valence electrons. The fourth-order valence-electron chi connectivity index (χ4n) is 0.842. The molecule has 0 bridgehead atoms. The van der Waals surface area contributed by atoms with Gasteiger partial charge < -0.3 is 10.6 Å². The van der Waals surface area contributed by atoms with Crippen LogP contribution in [0, 0.1) is 0 Å². The molecule has 0 radical (unpaired) electrons. The number of hydrogen-bond acceptors (Lipinski definition) is 5. The van der Waals surface area contributed by atoms with Crippen molar-refractivity contribution in [2.45, 2.75) is 19.9 Å². The molecule has 0 aliphatic carbocycles. The van der Waals surface area contributed by atoms with Crippen LogP contribution in [0.4, 0.5) is 5.13 Å². The topological polar surface area (TPSA) is 66.9 Å². The lowest BCUT2D eigenvalue weighted by atomic mass is 10.3. The molecule has 1 unspecified atom stereocenters. The lowest BCUT2D eigenvalue weighted by molar-refractivity contribution is -0.121. The van der Waals surface area contributed by atoms with E-state index in [0.717, 1.165) is 0 Å². The Hall–Kier alpha value is -0.690. The van der Waals surface area contributed by atoms with Crippen LogP contribution >= 0.6 is 27.3 Å². The minimum Gasteiger partial charge on any atom is -0.355 e. The largest absolute Gasteiger partial charge is 0.355 e. The lowest BCUT2D eigenvalue weighted by Gasteiger charge is -2.11. The van der Waals surface area contributed by atoms with E-state index in [-0.39, 0.29) is 11.9 Å². The van der Waals surface area contributed by atoms with E-state index in [1.807, 2.05) is 6.92 Å². The second kappa shape index (κ2) is 5.26. The quantitative estimate of drug-likeness (QED) is 0.870. The zero-order chi connectivity index (χ0) is 10.6. The minimum atomic E-state index is -0.296. The summed E-state index contributed by atoms with van der Waals surface area (Å²) in [6, 6.07) is -0.296. The number of halogens is 1. The first kappa shape index (κ1) is 11.4. The molecule has 14 heavy (non-hydrogen) atoms. The van der Waals surface area contributed by atoms with Gasteiger partial charge in [-0.2, -0.15) is 0 Å². The van der Waals surface area contributed by atoms with Crippen LogP contribution < -0.4 is 10.6 Å². The molecule has 0 aromatic carbocycles. The van der Waals surface area contributed by atoms with E-state index in [2.05, 4.69) is 36.8 Å². The van der Waals surface area contributed by atoms with Crippen molar-refractivity contribution in [1.82, 2.24) is 15.5 Å². The van der Waals surface area contributed by atoms with E-state index in [1.54, 1.807) is 6.92 Å². The first-order valence-electron chi connectivity index (χ1n) is 4.16. The van der Waals surface area contributed by atoms with Crippen LogP contribution in [0.2, 0.25) is 0 Å². The second-order valence-electron chi connectivity index (χ2n) is 2.62. The Labute approximate surface area is 94.4 Å². The van der Waals surface area contributed by atoms with Crippen molar-refractivity contribution in [3.8, 4) is 0 Å². The van der Waals surface area contributed by atoms with E-state index < -0.39 is 0 Å². The minimum absolute atomic E-state index is 0.0428. The van der Waals surface area contributed by atoms with Crippen molar-refractivity contribution in [3.05, 3.63) is 3.92 Å². The van der Waals surface area contributed by atoms with Gasteiger partial charge in [-0.25, -0.2) is 0 Å². The Morgan fingerprint density at radius 1 is 1.64 bits per heavy atom. The van der Waals surface area contributed by atoms with Gasteiger partial charge in [-0.3, -0.25) is 4.79 Å². The average Bonchev–Trinajstić information content (AvgIpc) is 2.51. The summed E-state index contributed by atoms with van der Waals surface area (Å²) in [6.07, 6.45) is 0. The van der Waals surface area contributed by atoms with Crippen LogP contribution in [-0.2, 0) is 4.79 Å². The molecule has 1 aromatic heterocycles. The molecule has 1 amide bonds. The highest BCUT2D eigenvalue weighted by atomic mass is 79.9. The molecule has 1 atom stereocenters. The molecule has 1 aromatic rings. The molecule has 0 fully saturated rings. The number of nitrogens with zero attached hydrogens (tertiary/aromatic N) is 2. The highest BCUT2D eigenvalue weighted by molar-refractivity contribution is 9.11. The third-order valence-electron chi connectivity index (χ3n) is 1.48. The lowest BCUT2D eigenvalue weighted by Crippen LogP contribution is -2.37. The molecule has 2 N–H and O–H groups in total. The first-order valence-corrected chi connectivity index (χ1v) is 5.77. The highest BCUT2D eigenvalue weighted by Gasteiger charge is 2.13. The maximum atomic E-state index is 11.3. The molecular formula is C7H11BrN4OS. The molecule has 0 aliphatic rings. The van der Waals surface area contributed by atoms with Crippen LogP contribution in [0.5, 0.6) is 0 Å². The summed E-state index contributed by atoms with van der Waals surface area (Å²) in [5.74, 6) is -0.0428. The summed E-state index contributed by atoms with van der Waals surface area (Å²) in [7, 11) is 0. The molecule has 5 nitrogen and oxygen atoms in total. The maximum absolute atomic E-state index is 11.3. The van der Waals surface area contributed by atoms with E-state index in [0.29, 0.717) is 15.6 Å². The predicted octanol–water partition coefficient (Wildman–Crippen LogP) is 1.24. The summed E-state index contributed by atoms with van der Waals surface area (Å²) in [5.41, 5.74) is 0. The molecule has 0 saturated carbocycles. The fourth-order valence-corrected chi connectivity index (χ4v) is 1.94. The van der Waals surface area contributed by atoms with Crippen LogP contribution in [0.3, 0.4) is 0 Å². The predicted molar refractivity (Wildman–Crippen MR) is 59.4 cm³/mol. The van der Waals surface area contributed by atoms with Gasteiger partial charge in [0.15, 0.2) is 3.92 Å². The van der Waals surface area contributed by atoms with Crippen molar-refractivity contribution in [3.63, 3.8) is 0 Å². The van der Waals surface area contributed by atoms with Crippen LogP contribution in [0.1, 0.15) is 13.8 Å². The Bertz CT molecular complexity index is 316. The number of aromatic nitrogens is 2. The number of anilines is 1. The standard InChI is InChI=1S/C7H11BrN4OS/c1-3-9-5(13)4(2)10-7-12-11-6(8)14-7/h4H,3H2,1-2H3,(H,9,13)(H,10,12). The zero-order valence-electron chi connectivity index (χ0n) is 7.87. The molecular weight excluding hydrogens is 268 g/mol. The van der Waals surface area contributed by atoms with E-state index in [1.165, 1.54) is 11.3 Å². The molecule has 0 spiro atoms. The van der Waals surface area contributed by atoms with E-state index in [9.17, 15) is 4.79 Å². The van der Waals surface area contributed by atoms with Crippen LogP contribution in [0.15, 0.2) is 3.92 Å². The van der Waals surface area contributed by atoms with E-state index in [4.69, 9.17) is 0 Å². The smallest absolute Gasteiger partial charge is 0.242 e. The van der Waals surface area contributed by atoms with Crippen LogP contribution in [0.25, 0.3) is 0 Å². The average molecular weight is 279 g/mol. The van der Waals surface area contributed by atoms with Crippen molar-refractivity contribution in [2.75, 3.05) is 11.9 Å². The maximum Gasteiger partial charge on any atom is 0.242 e. The van der Waals surface area contributed by atoms with Crippen molar-refractivity contribution >= 4 is 38.3 Å². The van der Waals surface area contributed by atoms with Gasteiger partial charge in [0.1, 0.15) is 6.04 Å². The monoisotopic (exact) mass is 278 g/mol. The molecule has 1 rings (SSSR count). The third-order valence-corrected chi connectivity index (χ3v) is 2.77. The number of likely N-dealkylation sites (N-methyl/N-ethyl adjacent to an activating group) is 1. The number of hydrogen-bond donors (Lipinski definition) is 2. The van der Waals surface area contributed by atoms with Crippen LogP contribution in [-0.4, -0.2) is 28.7 Å². The normalized spacial score (nSPS) is 12.2. The van der Waals surface area contributed by atoms with E-state index >= 15 is 0 Å². The number of amides is 1. The summed E-state index contributed by atoms with van der Waals surface area (Å²) < 4.78 is 0.697. The Morgan fingerprint density at radius 2 is 2.36 bits per heavy atom. The van der Waals surface area contributed by atoms with Crippen molar-refractivity contribution in [2.24, 2.45) is 0 Å². The first-order chi connectivity index (χ1) is 6.63. The van der Waals surface area contributed by atoms with Crippen molar-refractivity contribution < 1.29 is 4.79 Å². The van der Waals surface area contributed by atoms with Gasteiger partial charge in [0, 0.05) is 6.54 Å². The fraction of sp³-hybridized carbons (Fsp3) is 0.571. The molecule has 0 aliphatic heterocycles. The summed E-state index contributed by atoms with van der Waals surface area (Å²) in [5, 5.41) is 13.9. The Morgan fingerprint density at radius 3 is 2.86 bits per heavy atom. The Balaban J connectivity index is 2.48. The molecule has 0 saturated heterocycles. The summed E-state index contributed by atoms with van der Waals surface area (Å²) >= 11 is 4.55. The molecule has 1 heterocycles. The van der Waals surface area contributed by atoms with Crippen molar-refractivity contribution in [1.29, 1.82) is 0 Å². The summed E-state index contributed by atoms with van der Waals surface area (Å²) in [4.78, 5) is 11.3. The van der Waals surface area contributed by atoms with Gasteiger partial charge in [0.05, 0.1) is 0 Å². The van der Waals surface area contributed by atoms with Gasteiger partial charge in [-0.1, -0.05) is 11.3 Å².